The summed E-state index contributed by atoms with van der Waals surface area (Å²) in [5, 5.41) is 10.9. The maximum atomic E-state index is 10.9. The molecule has 0 saturated heterocycles. The van der Waals surface area contributed by atoms with Gasteiger partial charge in [-0.3, -0.25) is 0 Å². The van der Waals surface area contributed by atoms with Crippen molar-refractivity contribution in [3.63, 3.8) is 0 Å². The van der Waals surface area contributed by atoms with Crippen LogP contribution >= 0.6 is 0 Å². The smallest absolute Gasteiger partial charge is 0.0568 e. The molecule has 1 heteroatoms. The molecule has 2 fully saturated rings. The van der Waals surface area contributed by atoms with Crippen molar-refractivity contribution in [2.45, 2.75) is 85.7 Å². The van der Waals surface area contributed by atoms with E-state index in [9.17, 15) is 5.11 Å². The van der Waals surface area contributed by atoms with E-state index in [1.165, 1.54) is 32.1 Å². The highest BCUT2D eigenvalue weighted by molar-refractivity contribution is 5.39. The molecule has 0 radical (unpaired) electrons. The van der Waals surface area contributed by atoms with Crippen LogP contribution in [-0.4, -0.2) is 11.2 Å². The van der Waals surface area contributed by atoms with Crippen molar-refractivity contribution in [3.8, 4) is 0 Å². The van der Waals surface area contributed by atoms with Crippen LogP contribution in [0.15, 0.2) is 36.0 Å². The van der Waals surface area contributed by atoms with Gasteiger partial charge < -0.3 is 5.11 Å². The van der Waals surface area contributed by atoms with E-state index in [-0.39, 0.29) is 6.10 Å². The number of hydrogen-bond acceptors (Lipinski definition) is 1. The lowest BCUT2D eigenvalue weighted by Crippen LogP contribution is -2.49. The van der Waals surface area contributed by atoms with E-state index in [2.05, 4.69) is 65.0 Å². The van der Waals surface area contributed by atoms with Gasteiger partial charge in [0.05, 0.1) is 6.10 Å². The maximum absolute atomic E-state index is 10.9. The quantitative estimate of drug-likeness (QED) is 0.546. The minimum atomic E-state index is -0.127. The topological polar surface area (TPSA) is 20.2 Å². The van der Waals surface area contributed by atoms with Crippen LogP contribution in [0.5, 0.6) is 0 Å². The molecule has 1 nitrogen and oxygen atoms in total. The van der Waals surface area contributed by atoms with Gasteiger partial charge in [-0.15, -0.1) is 0 Å². The minimum Gasteiger partial charge on any atom is -0.393 e. The zero-order valence-electron chi connectivity index (χ0n) is 18.8. The molecule has 4 aliphatic carbocycles. The fourth-order valence-electron chi connectivity index (χ4n) is 7.76. The van der Waals surface area contributed by atoms with Gasteiger partial charge in [0.15, 0.2) is 0 Å². The Bertz CT molecular complexity index is 670. The summed E-state index contributed by atoms with van der Waals surface area (Å²) in [5.74, 6) is 4.14. The highest BCUT2D eigenvalue weighted by Crippen LogP contribution is 2.66. The van der Waals surface area contributed by atoms with Crippen LogP contribution < -0.4 is 0 Å². The SMILES string of the molecule is CC(C)CCC(O)[C@@H](C)[C@H]1CC[C@H]2[C@@H]3C=CC4=CC=CC[C@]4(C)[C@H]3CC[C@]12C. The Labute approximate surface area is 173 Å². The Kier molecular flexibility index (Phi) is 5.45. The average Bonchev–Trinajstić information content (AvgIpc) is 3.02. The molecule has 1 N–H and O–H groups in total. The van der Waals surface area contributed by atoms with Crippen molar-refractivity contribution in [2.24, 2.45) is 46.3 Å². The monoisotopic (exact) mass is 382 g/mol. The van der Waals surface area contributed by atoms with E-state index < -0.39 is 0 Å². The van der Waals surface area contributed by atoms with Gasteiger partial charge in [0.2, 0.25) is 0 Å². The average molecular weight is 383 g/mol. The molecule has 4 rings (SSSR count). The molecule has 0 aromatic heterocycles. The highest BCUT2D eigenvalue weighted by Gasteiger charge is 2.58. The van der Waals surface area contributed by atoms with Gasteiger partial charge in [0.1, 0.15) is 0 Å². The van der Waals surface area contributed by atoms with Crippen molar-refractivity contribution in [2.75, 3.05) is 0 Å². The van der Waals surface area contributed by atoms with Crippen molar-refractivity contribution in [1.29, 1.82) is 0 Å². The third-order valence-electron chi connectivity index (χ3n) is 9.62. The third-order valence-corrected chi connectivity index (χ3v) is 9.62. The van der Waals surface area contributed by atoms with E-state index >= 15 is 0 Å². The molecule has 0 aliphatic heterocycles. The summed E-state index contributed by atoms with van der Waals surface area (Å²) in [6.45, 7) is 12.0. The maximum Gasteiger partial charge on any atom is 0.0568 e. The molecule has 0 bridgehead atoms. The molecule has 4 aliphatic rings. The number of allylic oxidation sites excluding steroid dienone is 6. The van der Waals surface area contributed by atoms with E-state index in [0.29, 0.717) is 28.6 Å². The molecule has 0 amide bonds. The lowest BCUT2D eigenvalue weighted by atomic mass is 9.48. The highest BCUT2D eigenvalue weighted by atomic mass is 16.3. The van der Waals surface area contributed by atoms with E-state index in [1.807, 2.05) is 0 Å². The summed E-state index contributed by atoms with van der Waals surface area (Å²) in [4.78, 5) is 0. The van der Waals surface area contributed by atoms with Gasteiger partial charge in [-0.25, -0.2) is 0 Å². The molecular weight excluding hydrogens is 340 g/mol. The number of rotatable bonds is 5. The summed E-state index contributed by atoms with van der Waals surface area (Å²) < 4.78 is 0. The molecule has 0 aromatic rings. The molecule has 1 unspecified atom stereocenters. The Balaban J connectivity index is 1.54. The van der Waals surface area contributed by atoms with Crippen LogP contribution in [0.3, 0.4) is 0 Å². The standard InChI is InChI=1S/C27H42O/c1-18(2)9-14-25(28)19(3)22-12-13-23-21-11-10-20-8-6-7-16-26(20,4)24(21)15-17-27(22,23)5/h6-8,10-11,18-19,21-25,28H,9,12-17H2,1-5H3/t19-,21-,22+,23-,24-,25?,26-,27+/m0/s1. The lowest BCUT2D eigenvalue weighted by Gasteiger charge is -2.56. The second-order valence-electron chi connectivity index (χ2n) is 11.4. The normalized spacial score (nSPS) is 43.9. The Morgan fingerprint density at radius 3 is 2.61 bits per heavy atom. The molecule has 0 aromatic carbocycles. The van der Waals surface area contributed by atoms with Crippen molar-refractivity contribution in [1.82, 2.24) is 0 Å². The van der Waals surface area contributed by atoms with Gasteiger partial charge in [-0.05, 0) is 96.9 Å². The van der Waals surface area contributed by atoms with E-state index in [1.54, 1.807) is 5.57 Å². The van der Waals surface area contributed by atoms with Crippen LogP contribution in [0.25, 0.3) is 0 Å². The first-order valence-corrected chi connectivity index (χ1v) is 12.0. The lowest BCUT2D eigenvalue weighted by molar-refractivity contribution is -0.0422. The van der Waals surface area contributed by atoms with Gasteiger partial charge in [0, 0.05) is 0 Å². The zero-order valence-corrected chi connectivity index (χ0v) is 18.8. The van der Waals surface area contributed by atoms with Gasteiger partial charge in [-0.1, -0.05) is 65.0 Å². The molecule has 28 heavy (non-hydrogen) atoms. The zero-order chi connectivity index (χ0) is 20.1. The Morgan fingerprint density at radius 1 is 1.07 bits per heavy atom. The Morgan fingerprint density at radius 2 is 1.86 bits per heavy atom. The Hall–Kier alpha value is -0.820. The second kappa shape index (κ2) is 7.46. The first-order valence-electron chi connectivity index (χ1n) is 12.0. The third kappa shape index (κ3) is 3.17. The number of hydrogen-bond donors (Lipinski definition) is 1. The molecule has 2 saturated carbocycles. The first kappa shape index (κ1) is 20.5. The largest absolute Gasteiger partial charge is 0.393 e. The molecular formula is C27H42O. The summed E-state index contributed by atoms with van der Waals surface area (Å²) >= 11 is 0. The summed E-state index contributed by atoms with van der Waals surface area (Å²) in [5.41, 5.74) is 2.31. The summed E-state index contributed by atoms with van der Waals surface area (Å²) in [6, 6.07) is 0. The predicted octanol–water partition coefficient (Wildman–Crippen LogP) is 6.94. The van der Waals surface area contributed by atoms with Crippen molar-refractivity contribution in [3.05, 3.63) is 36.0 Å². The molecule has 156 valence electrons. The van der Waals surface area contributed by atoms with Crippen molar-refractivity contribution >= 4 is 0 Å². The van der Waals surface area contributed by atoms with Crippen LogP contribution in [0, 0.1) is 46.3 Å². The van der Waals surface area contributed by atoms with Gasteiger partial charge >= 0.3 is 0 Å². The number of aliphatic hydroxyl groups excluding tert-OH is 1. The molecule has 0 heterocycles. The number of fused-ring (bicyclic) bond motifs is 5. The first-order chi connectivity index (χ1) is 13.3. The molecule has 8 atom stereocenters. The summed E-state index contributed by atoms with van der Waals surface area (Å²) in [6.07, 6.45) is 20.6. The predicted molar refractivity (Wildman–Crippen MR) is 119 cm³/mol. The van der Waals surface area contributed by atoms with Crippen LogP contribution in [0.1, 0.15) is 79.6 Å². The van der Waals surface area contributed by atoms with Gasteiger partial charge in [-0.2, -0.15) is 0 Å². The van der Waals surface area contributed by atoms with E-state index in [0.717, 1.165) is 30.6 Å². The minimum absolute atomic E-state index is 0.127. The molecule has 0 spiro atoms. The van der Waals surface area contributed by atoms with Gasteiger partial charge in [0.25, 0.3) is 0 Å². The summed E-state index contributed by atoms with van der Waals surface area (Å²) in [7, 11) is 0. The van der Waals surface area contributed by atoms with Crippen LogP contribution in [0.4, 0.5) is 0 Å². The van der Waals surface area contributed by atoms with E-state index in [4.69, 9.17) is 0 Å². The van der Waals surface area contributed by atoms with Crippen LogP contribution in [0.2, 0.25) is 0 Å². The van der Waals surface area contributed by atoms with Crippen LogP contribution in [-0.2, 0) is 0 Å². The van der Waals surface area contributed by atoms with Crippen molar-refractivity contribution < 1.29 is 5.11 Å². The fourth-order valence-corrected chi connectivity index (χ4v) is 7.76. The fraction of sp³-hybridized carbons (Fsp3) is 0.778. The second-order valence-corrected chi connectivity index (χ2v) is 11.4. The number of aliphatic hydroxyl groups is 1.